The Morgan fingerprint density at radius 3 is 2.41 bits per heavy atom. The van der Waals surface area contributed by atoms with E-state index in [4.69, 9.17) is 11.6 Å². The molecule has 27 heavy (non-hydrogen) atoms. The average Bonchev–Trinajstić information content (AvgIpc) is 3.08. The second-order valence-electron chi connectivity index (χ2n) is 6.22. The maximum Gasteiger partial charge on any atom is 0.227 e. The van der Waals surface area contributed by atoms with Gasteiger partial charge in [-0.2, -0.15) is 0 Å². The third kappa shape index (κ3) is 6.10. The van der Waals surface area contributed by atoms with Crippen molar-refractivity contribution in [2.24, 2.45) is 4.99 Å². The number of nitrogens with zero attached hydrogens (tertiary/aromatic N) is 2. The number of carbonyl (C=O) groups is 1. The summed E-state index contributed by atoms with van der Waals surface area (Å²) < 4.78 is 0. The van der Waals surface area contributed by atoms with Crippen LogP contribution >= 0.6 is 35.6 Å². The molecular formula is C20H24ClIN4O. The highest BCUT2D eigenvalue weighted by Crippen LogP contribution is 2.21. The first-order valence-electron chi connectivity index (χ1n) is 8.74. The molecule has 144 valence electrons. The molecule has 0 unspecified atom stereocenters. The minimum absolute atomic E-state index is 0. The van der Waals surface area contributed by atoms with E-state index in [1.165, 1.54) is 0 Å². The minimum Gasteiger partial charge on any atom is -0.352 e. The number of hydrogen-bond acceptors (Lipinski definition) is 2. The molecule has 2 aromatic rings. The van der Waals surface area contributed by atoms with Crippen LogP contribution in [0.15, 0.2) is 53.5 Å². The second kappa shape index (κ2) is 10.5. The zero-order chi connectivity index (χ0) is 18.4. The standard InChI is InChI=1S/C20H23ClN4O.HI/c1-22-20(24-14-16-4-2-5-17(21)12-16)23-13-15-7-9-18(10-8-15)25-11-3-6-19(25)26;/h2,4-5,7-10,12H,3,6,11,13-14H2,1H3,(H2,22,23,24);1H. The molecule has 5 nitrogen and oxygen atoms in total. The van der Waals surface area contributed by atoms with Gasteiger partial charge in [0.2, 0.25) is 5.91 Å². The van der Waals surface area contributed by atoms with Crippen molar-refractivity contribution in [3.8, 4) is 0 Å². The summed E-state index contributed by atoms with van der Waals surface area (Å²) >= 11 is 6.01. The van der Waals surface area contributed by atoms with Gasteiger partial charge < -0.3 is 15.5 Å². The average molecular weight is 499 g/mol. The Morgan fingerprint density at radius 1 is 1.11 bits per heavy atom. The molecule has 1 amide bonds. The maximum absolute atomic E-state index is 11.8. The van der Waals surface area contributed by atoms with E-state index in [2.05, 4.69) is 15.6 Å². The van der Waals surface area contributed by atoms with Crippen LogP contribution in [0.5, 0.6) is 0 Å². The SMILES string of the molecule is CN=C(NCc1ccc(N2CCCC2=O)cc1)NCc1cccc(Cl)c1.I. The quantitative estimate of drug-likeness (QED) is 0.373. The van der Waals surface area contributed by atoms with Crippen molar-refractivity contribution in [3.05, 3.63) is 64.7 Å². The fourth-order valence-corrected chi connectivity index (χ4v) is 3.17. The zero-order valence-corrected chi connectivity index (χ0v) is 18.3. The maximum atomic E-state index is 11.8. The van der Waals surface area contributed by atoms with Crippen molar-refractivity contribution in [1.29, 1.82) is 0 Å². The molecule has 0 atom stereocenters. The Bertz CT molecular complexity index is 795. The Balaban J connectivity index is 0.00000261. The van der Waals surface area contributed by atoms with Gasteiger partial charge in [-0.05, 0) is 41.8 Å². The van der Waals surface area contributed by atoms with Gasteiger partial charge >= 0.3 is 0 Å². The molecule has 0 spiro atoms. The Kier molecular flexibility index (Phi) is 8.37. The van der Waals surface area contributed by atoms with Gasteiger partial charge in [-0.15, -0.1) is 24.0 Å². The van der Waals surface area contributed by atoms with E-state index in [0.29, 0.717) is 19.5 Å². The van der Waals surface area contributed by atoms with Crippen molar-refractivity contribution in [2.45, 2.75) is 25.9 Å². The number of hydrogen-bond donors (Lipinski definition) is 2. The normalized spacial score (nSPS) is 14.1. The number of aliphatic imine (C=N–C) groups is 1. The summed E-state index contributed by atoms with van der Waals surface area (Å²) in [5, 5.41) is 7.29. The molecule has 3 rings (SSSR count). The summed E-state index contributed by atoms with van der Waals surface area (Å²) in [7, 11) is 1.75. The molecule has 0 bridgehead atoms. The van der Waals surface area contributed by atoms with Crippen molar-refractivity contribution >= 4 is 53.1 Å². The third-order valence-corrected chi connectivity index (χ3v) is 4.59. The van der Waals surface area contributed by atoms with E-state index in [9.17, 15) is 4.79 Å². The van der Waals surface area contributed by atoms with Crippen molar-refractivity contribution in [3.63, 3.8) is 0 Å². The fourth-order valence-electron chi connectivity index (χ4n) is 2.95. The molecule has 1 aliphatic rings. The number of halogens is 2. The van der Waals surface area contributed by atoms with Gasteiger partial charge in [-0.1, -0.05) is 35.9 Å². The molecule has 2 N–H and O–H groups in total. The van der Waals surface area contributed by atoms with Crippen molar-refractivity contribution < 1.29 is 4.79 Å². The van der Waals surface area contributed by atoms with Crippen LogP contribution in [0.1, 0.15) is 24.0 Å². The number of benzene rings is 2. The largest absolute Gasteiger partial charge is 0.352 e. The molecular weight excluding hydrogens is 475 g/mol. The lowest BCUT2D eigenvalue weighted by Gasteiger charge is -2.16. The van der Waals surface area contributed by atoms with Gasteiger partial charge in [0.15, 0.2) is 5.96 Å². The van der Waals surface area contributed by atoms with Crippen LogP contribution in [0.25, 0.3) is 0 Å². The summed E-state index contributed by atoms with van der Waals surface area (Å²) in [6, 6.07) is 15.8. The van der Waals surface area contributed by atoms with E-state index in [1.807, 2.05) is 53.4 Å². The van der Waals surface area contributed by atoms with Crippen LogP contribution in [0.2, 0.25) is 5.02 Å². The van der Waals surface area contributed by atoms with E-state index >= 15 is 0 Å². The molecule has 0 saturated carbocycles. The van der Waals surface area contributed by atoms with Gasteiger partial charge in [0, 0.05) is 43.8 Å². The van der Waals surface area contributed by atoms with Crippen LogP contribution in [-0.2, 0) is 17.9 Å². The number of rotatable bonds is 5. The van der Waals surface area contributed by atoms with Crippen LogP contribution in [0.4, 0.5) is 5.69 Å². The van der Waals surface area contributed by atoms with Gasteiger partial charge in [-0.25, -0.2) is 0 Å². The van der Waals surface area contributed by atoms with E-state index in [1.54, 1.807) is 7.05 Å². The Labute approximate surface area is 182 Å². The van der Waals surface area contributed by atoms with Crippen molar-refractivity contribution in [2.75, 3.05) is 18.5 Å². The smallest absolute Gasteiger partial charge is 0.227 e. The highest BCUT2D eigenvalue weighted by atomic mass is 127. The van der Waals surface area contributed by atoms with Gasteiger partial charge in [0.1, 0.15) is 0 Å². The summed E-state index contributed by atoms with van der Waals surface area (Å²) in [6.45, 7) is 2.12. The summed E-state index contributed by atoms with van der Waals surface area (Å²) in [5.74, 6) is 0.935. The lowest BCUT2D eigenvalue weighted by molar-refractivity contribution is -0.117. The number of amides is 1. The van der Waals surface area contributed by atoms with Gasteiger partial charge in [0.05, 0.1) is 0 Å². The summed E-state index contributed by atoms with van der Waals surface area (Å²) in [6.07, 6.45) is 1.59. The lowest BCUT2D eigenvalue weighted by Crippen LogP contribution is -2.36. The highest BCUT2D eigenvalue weighted by Gasteiger charge is 2.21. The van der Waals surface area contributed by atoms with Crippen LogP contribution in [0.3, 0.4) is 0 Å². The summed E-state index contributed by atoms with van der Waals surface area (Å²) in [5.41, 5.74) is 3.20. The van der Waals surface area contributed by atoms with Crippen LogP contribution < -0.4 is 15.5 Å². The van der Waals surface area contributed by atoms with Gasteiger partial charge in [0.25, 0.3) is 0 Å². The molecule has 1 fully saturated rings. The van der Waals surface area contributed by atoms with E-state index in [0.717, 1.165) is 40.8 Å². The molecule has 7 heteroatoms. The van der Waals surface area contributed by atoms with E-state index in [-0.39, 0.29) is 29.9 Å². The van der Waals surface area contributed by atoms with E-state index < -0.39 is 0 Å². The molecule has 0 radical (unpaired) electrons. The van der Waals surface area contributed by atoms with Crippen LogP contribution in [0, 0.1) is 0 Å². The molecule has 1 aliphatic heterocycles. The molecule has 1 heterocycles. The predicted molar refractivity (Wildman–Crippen MR) is 122 cm³/mol. The first kappa shape index (κ1) is 21.5. The lowest BCUT2D eigenvalue weighted by atomic mass is 10.2. The zero-order valence-electron chi connectivity index (χ0n) is 15.2. The molecule has 0 aliphatic carbocycles. The highest BCUT2D eigenvalue weighted by molar-refractivity contribution is 14.0. The van der Waals surface area contributed by atoms with Gasteiger partial charge in [-0.3, -0.25) is 9.79 Å². The molecule has 0 aromatic heterocycles. The monoisotopic (exact) mass is 498 g/mol. The molecule has 1 saturated heterocycles. The molecule has 2 aromatic carbocycles. The first-order valence-corrected chi connectivity index (χ1v) is 9.12. The van der Waals surface area contributed by atoms with Crippen molar-refractivity contribution in [1.82, 2.24) is 10.6 Å². The Morgan fingerprint density at radius 2 is 1.81 bits per heavy atom. The number of anilines is 1. The fraction of sp³-hybridized carbons (Fsp3) is 0.300. The first-order chi connectivity index (χ1) is 12.7. The number of guanidine groups is 1. The minimum atomic E-state index is 0. The number of carbonyl (C=O) groups excluding carboxylic acids is 1. The third-order valence-electron chi connectivity index (χ3n) is 4.35. The predicted octanol–water partition coefficient (Wildman–Crippen LogP) is 3.95. The topological polar surface area (TPSA) is 56.7 Å². The van der Waals surface area contributed by atoms with Crippen LogP contribution in [-0.4, -0.2) is 25.5 Å². The Hall–Kier alpha value is -1.80. The summed E-state index contributed by atoms with van der Waals surface area (Å²) in [4.78, 5) is 17.9. The second-order valence-corrected chi connectivity index (χ2v) is 6.66. The number of nitrogens with one attached hydrogen (secondary N) is 2.